The molecule has 1 aliphatic carbocycles. The smallest absolute Gasteiger partial charge is 0.405 e. The Morgan fingerprint density at radius 2 is 2.05 bits per heavy atom. The molecular weight excluding hydrogens is 261 g/mol. The summed E-state index contributed by atoms with van der Waals surface area (Å²) in [6.07, 6.45) is -2.96. The minimum atomic E-state index is -4.33. The fourth-order valence-electron chi connectivity index (χ4n) is 1.92. The zero-order valence-corrected chi connectivity index (χ0v) is 9.94. The second kappa shape index (κ2) is 4.64. The number of aromatic carboxylic acids is 1. The molecule has 19 heavy (non-hydrogen) atoms. The van der Waals surface area contributed by atoms with E-state index in [-0.39, 0.29) is 23.0 Å². The first-order chi connectivity index (χ1) is 8.78. The summed E-state index contributed by atoms with van der Waals surface area (Å²) in [4.78, 5) is 12.1. The van der Waals surface area contributed by atoms with Gasteiger partial charge < -0.3 is 15.7 Å². The van der Waals surface area contributed by atoms with E-state index >= 15 is 0 Å². The summed E-state index contributed by atoms with van der Waals surface area (Å²) in [5.41, 5.74) is 5.60. The average Bonchev–Trinajstić information content (AvgIpc) is 3.09. The fraction of sp³-hybridized carbons (Fsp3) is 0.417. The molecule has 1 fully saturated rings. The maximum absolute atomic E-state index is 12.5. The van der Waals surface area contributed by atoms with Crippen molar-refractivity contribution < 1.29 is 23.1 Å². The van der Waals surface area contributed by atoms with Crippen molar-refractivity contribution in [1.29, 1.82) is 0 Å². The second-order valence-electron chi connectivity index (χ2n) is 4.55. The van der Waals surface area contributed by atoms with Crippen LogP contribution in [0.5, 0.6) is 0 Å². The molecule has 1 saturated carbocycles. The standard InChI is InChI=1S/C12H13F3N2O2/c13-12(14,15)6-17(7-1-2-7)8-3-4-10(16)9(5-8)11(18)19/h3-5,7H,1-2,6,16H2,(H,18,19). The summed E-state index contributed by atoms with van der Waals surface area (Å²) in [6, 6.07) is 3.77. The van der Waals surface area contributed by atoms with Crippen LogP contribution in [0.2, 0.25) is 0 Å². The van der Waals surface area contributed by atoms with Crippen molar-refractivity contribution >= 4 is 17.3 Å². The Bertz CT molecular complexity index is 498. The number of carboxylic acids is 1. The van der Waals surface area contributed by atoms with Crippen LogP contribution in [0.3, 0.4) is 0 Å². The normalized spacial score (nSPS) is 15.3. The van der Waals surface area contributed by atoms with Crippen molar-refractivity contribution in [3.8, 4) is 0 Å². The lowest BCUT2D eigenvalue weighted by molar-refractivity contribution is -0.120. The predicted octanol–water partition coefficient (Wildman–Crippen LogP) is 2.50. The summed E-state index contributed by atoms with van der Waals surface area (Å²) >= 11 is 0. The number of carboxylic acid groups (broad SMARTS) is 1. The number of rotatable bonds is 4. The van der Waals surface area contributed by atoms with E-state index in [1.165, 1.54) is 23.1 Å². The van der Waals surface area contributed by atoms with Gasteiger partial charge in [-0.3, -0.25) is 0 Å². The Labute approximate surface area is 107 Å². The SMILES string of the molecule is Nc1ccc(N(CC(F)(F)F)C2CC2)cc1C(=O)O. The third-order valence-corrected chi connectivity index (χ3v) is 2.94. The van der Waals surface area contributed by atoms with Crippen LogP contribution < -0.4 is 10.6 Å². The number of halogens is 3. The van der Waals surface area contributed by atoms with Crippen LogP contribution in [0.4, 0.5) is 24.5 Å². The largest absolute Gasteiger partial charge is 0.478 e. The van der Waals surface area contributed by atoms with Crippen molar-refractivity contribution in [3.05, 3.63) is 23.8 Å². The first-order valence-corrected chi connectivity index (χ1v) is 5.74. The molecule has 7 heteroatoms. The second-order valence-corrected chi connectivity index (χ2v) is 4.55. The first-order valence-electron chi connectivity index (χ1n) is 5.74. The van der Waals surface area contributed by atoms with Crippen molar-refractivity contribution in [2.45, 2.75) is 25.1 Å². The number of nitrogen functional groups attached to an aromatic ring is 1. The maximum atomic E-state index is 12.5. The molecule has 0 bridgehead atoms. The highest BCUT2D eigenvalue weighted by atomic mass is 19.4. The van der Waals surface area contributed by atoms with Crippen LogP contribution in [0.15, 0.2) is 18.2 Å². The molecule has 0 heterocycles. The molecular formula is C12H13F3N2O2. The zero-order valence-electron chi connectivity index (χ0n) is 9.94. The monoisotopic (exact) mass is 274 g/mol. The predicted molar refractivity (Wildman–Crippen MR) is 64.2 cm³/mol. The van der Waals surface area contributed by atoms with E-state index in [9.17, 15) is 18.0 Å². The Balaban J connectivity index is 2.32. The molecule has 2 rings (SSSR count). The minimum absolute atomic E-state index is 0.0407. The number of nitrogens with two attached hydrogens (primary N) is 1. The van der Waals surface area contributed by atoms with Crippen LogP contribution in [-0.2, 0) is 0 Å². The van der Waals surface area contributed by atoms with E-state index in [0.29, 0.717) is 12.8 Å². The highest BCUT2D eigenvalue weighted by Gasteiger charge is 2.38. The Kier molecular flexibility index (Phi) is 3.30. The van der Waals surface area contributed by atoms with Gasteiger partial charge in [0, 0.05) is 17.4 Å². The molecule has 104 valence electrons. The van der Waals surface area contributed by atoms with Gasteiger partial charge >= 0.3 is 12.1 Å². The number of anilines is 2. The molecule has 1 aromatic carbocycles. The highest BCUT2D eigenvalue weighted by molar-refractivity contribution is 5.94. The van der Waals surface area contributed by atoms with Crippen LogP contribution in [-0.4, -0.2) is 29.8 Å². The molecule has 4 nitrogen and oxygen atoms in total. The van der Waals surface area contributed by atoms with Crippen LogP contribution in [0, 0.1) is 0 Å². The Hall–Kier alpha value is -1.92. The van der Waals surface area contributed by atoms with Gasteiger partial charge in [0.05, 0.1) is 5.56 Å². The van der Waals surface area contributed by atoms with Gasteiger partial charge in [-0.15, -0.1) is 0 Å². The highest BCUT2D eigenvalue weighted by Crippen LogP contribution is 2.35. The molecule has 0 saturated heterocycles. The number of hydrogen-bond donors (Lipinski definition) is 2. The zero-order chi connectivity index (χ0) is 14.2. The lowest BCUT2D eigenvalue weighted by atomic mass is 10.1. The Morgan fingerprint density at radius 3 is 2.53 bits per heavy atom. The molecule has 1 aromatic rings. The minimum Gasteiger partial charge on any atom is -0.478 e. The number of hydrogen-bond acceptors (Lipinski definition) is 3. The van der Waals surface area contributed by atoms with Crippen LogP contribution in [0.1, 0.15) is 23.2 Å². The topological polar surface area (TPSA) is 66.6 Å². The molecule has 0 amide bonds. The van der Waals surface area contributed by atoms with Crippen molar-refractivity contribution in [3.63, 3.8) is 0 Å². The summed E-state index contributed by atoms with van der Waals surface area (Å²) in [6.45, 7) is -1.08. The lowest BCUT2D eigenvalue weighted by Crippen LogP contribution is -2.36. The molecule has 0 radical (unpaired) electrons. The van der Waals surface area contributed by atoms with Gasteiger partial charge in [0.2, 0.25) is 0 Å². The average molecular weight is 274 g/mol. The van der Waals surface area contributed by atoms with Gasteiger partial charge in [-0.05, 0) is 31.0 Å². The van der Waals surface area contributed by atoms with Gasteiger partial charge in [0.15, 0.2) is 0 Å². The van der Waals surface area contributed by atoms with Crippen LogP contribution >= 0.6 is 0 Å². The summed E-state index contributed by atoms with van der Waals surface area (Å²) in [5, 5.41) is 8.94. The van der Waals surface area contributed by atoms with Crippen molar-refractivity contribution in [1.82, 2.24) is 0 Å². The molecule has 0 aromatic heterocycles. The molecule has 0 atom stereocenters. The van der Waals surface area contributed by atoms with Crippen LogP contribution in [0.25, 0.3) is 0 Å². The third kappa shape index (κ3) is 3.30. The van der Waals surface area contributed by atoms with Gasteiger partial charge in [-0.1, -0.05) is 0 Å². The van der Waals surface area contributed by atoms with E-state index in [1.54, 1.807) is 0 Å². The summed E-state index contributed by atoms with van der Waals surface area (Å²) in [7, 11) is 0. The van der Waals surface area contributed by atoms with Gasteiger partial charge in [-0.2, -0.15) is 13.2 Å². The molecule has 0 aliphatic heterocycles. The van der Waals surface area contributed by atoms with E-state index in [4.69, 9.17) is 10.8 Å². The molecule has 0 spiro atoms. The van der Waals surface area contributed by atoms with E-state index in [0.717, 1.165) is 0 Å². The fourth-order valence-corrected chi connectivity index (χ4v) is 1.92. The first kappa shape index (κ1) is 13.5. The van der Waals surface area contributed by atoms with E-state index < -0.39 is 18.7 Å². The number of benzene rings is 1. The number of alkyl halides is 3. The lowest BCUT2D eigenvalue weighted by Gasteiger charge is -2.26. The van der Waals surface area contributed by atoms with E-state index in [2.05, 4.69) is 0 Å². The quantitative estimate of drug-likeness (QED) is 0.828. The van der Waals surface area contributed by atoms with E-state index in [1.807, 2.05) is 0 Å². The van der Waals surface area contributed by atoms with Crippen molar-refractivity contribution in [2.75, 3.05) is 17.2 Å². The summed E-state index contributed by atoms with van der Waals surface area (Å²) in [5.74, 6) is -1.25. The molecule has 1 aliphatic rings. The summed E-state index contributed by atoms with van der Waals surface area (Å²) < 4.78 is 37.6. The maximum Gasteiger partial charge on any atom is 0.405 e. The molecule has 0 unspecified atom stereocenters. The molecule has 3 N–H and O–H groups in total. The van der Waals surface area contributed by atoms with Crippen molar-refractivity contribution in [2.24, 2.45) is 0 Å². The van der Waals surface area contributed by atoms with Gasteiger partial charge in [-0.25, -0.2) is 4.79 Å². The number of nitrogens with zero attached hydrogens (tertiary/aromatic N) is 1. The van der Waals surface area contributed by atoms with Gasteiger partial charge in [0.25, 0.3) is 0 Å². The van der Waals surface area contributed by atoms with Gasteiger partial charge in [0.1, 0.15) is 6.54 Å². The number of carbonyl (C=O) groups is 1. The third-order valence-electron chi connectivity index (χ3n) is 2.94. The Morgan fingerprint density at radius 1 is 1.42 bits per heavy atom.